The maximum atomic E-state index is 13.0. The van der Waals surface area contributed by atoms with Gasteiger partial charge < -0.3 is 0 Å². The molecule has 6 heteroatoms. The van der Waals surface area contributed by atoms with Gasteiger partial charge in [-0.2, -0.15) is 4.57 Å². The molecule has 0 fully saturated rings. The van der Waals surface area contributed by atoms with Crippen molar-refractivity contribution >= 4 is 22.2 Å². The Bertz CT molecular complexity index is 1080. The molecule has 6 nitrogen and oxygen atoms in total. The number of hydrogen-bond acceptors (Lipinski definition) is 3. The molecule has 136 valence electrons. The summed E-state index contributed by atoms with van der Waals surface area (Å²) < 4.78 is 5.16. The van der Waals surface area contributed by atoms with Crippen LogP contribution in [0, 0.1) is 0 Å². The number of aryl methyl sites for hydroxylation is 2. The Balaban J connectivity index is 1.74. The van der Waals surface area contributed by atoms with Gasteiger partial charge in [0.15, 0.2) is 5.52 Å². The Morgan fingerprint density at radius 1 is 1.08 bits per heavy atom. The molecular weight excluding hydrogens is 328 g/mol. The number of rotatable bonds is 7. The van der Waals surface area contributed by atoms with Gasteiger partial charge in [0, 0.05) is 6.54 Å². The minimum Gasteiger partial charge on any atom is -0.266 e. The number of fused-ring (bicyclic) bond motifs is 2. The second kappa shape index (κ2) is 7.02. The van der Waals surface area contributed by atoms with Crippen molar-refractivity contribution in [2.45, 2.75) is 65.1 Å². The third-order valence-electron chi connectivity index (χ3n) is 5.32. The van der Waals surface area contributed by atoms with Crippen LogP contribution in [0.1, 0.15) is 45.4 Å². The monoisotopic (exact) mass is 353 g/mol. The highest BCUT2D eigenvalue weighted by Crippen LogP contribution is 2.14. The average Bonchev–Trinajstić information content (AvgIpc) is 3.11. The van der Waals surface area contributed by atoms with Gasteiger partial charge in [-0.15, -0.1) is 0 Å². The molecule has 4 rings (SSSR count). The highest BCUT2D eigenvalue weighted by Gasteiger charge is 2.30. The van der Waals surface area contributed by atoms with Crippen molar-refractivity contribution in [3.8, 4) is 0 Å². The zero-order valence-corrected chi connectivity index (χ0v) is 15.3. The highest BCUT2D eigenvalue weighted by molar-refractivity contribution is 5.79. The van der Waals surface area contributed by atoms with Gasteiger partial charge in [-0.25, -0.2) is 18.9 Å². The van der Waals surface area contributed by atoms with E-state index >= 15 is 0 Å². The number of para-hydroxylation sites is 2. The van der Waals surface area contributed by atoms with Crippen LogP contribution in [-0.2, 0) is 19.6 Å². The molecule has 3 aromatic rings. The van der Waals surface area contributed by atoms with E-state index < -0.39 is 0 Å². The normalized spacial score (nSPS) is 13.1. The second-order valence-corrected chi connectivity index (χ2v) is 7.08. The lowest BCUT2D eigenvalue weighted by molar-refractivity contribution is -0.637. The molecule has 0 N–H and O–H groups in total. The SMILES string of the molecule is CCCCCCCCn1c(=O)c2nc3ccccc3[n+]3c2n(c1=O)CC3. The molecule has 0 radical (unpaired) electrons. The fourth-order valence-corrected chi connectivity index (χ4v) is 3.94. The first-order chi connectivity index (χ1) is 12.7. The van der Waals surface area contributed by atoms with Crippen LogP contribution in [-0.4, -0.2) is 14.1 Å². The summed E-state index contributed by atoms with van der Waals surface area (Å²) in [7, 11) is 0. The minimum atomic E-state index is -0.254. The van der Waals surface area contributed by atoms with Crippen molar-refractivity contribution in [1.82, 2.24) is 14.1 Å². The lowest BCUT2D eigenvalue weighted by Gasteiger charge is -2.06. The summed E-state index contributed by atoms with van der Waals surface area (Å²) in [5.74, 6) is 0. The summed E-state index contributed by atoms with van der Waals surface area (Å²) >= 11 is 0. The van der Waals surface area contributed by atoms with Gasteiger partial charge in [0.2, 0.25) is 5.52 Å². The van der Waals surface area contributed by atoms with E-state index in [0.29, 0.717) is 30.8 Å². The molecule has 0 bridgehead atoms. The van der Waals surface area contributed by atoms with Crippen LogP contribution in [0.3, 0.4) is 0 Å². The number of benzene rings is 1. The van der Waals surface area contributed by atoms with E-state index in [9.17, 15) is 9.59 Å². The lowest BCUT2D eigenvalue weighted by Crippen LogP contribution is -2.42. The van der Waals surface area contributed by atoms with Gasteiger partial charge in [0.25, 0.3) is 5.56 Å². The summed E-state index contributed by atoms with van der Waals surface area (Å²) in [6.45, 7) is 3.98. The zero-order chi connectivity index (χ0) is 18.1. The molecule has 0 spiro atoms. The van der Waals surface area contributed by atoms with Crippen molar-refractivity contribution in [3.05, 3.63) is 45.1 Å². The average molecular weight is 353 g/mol. The van der Waals surface area contributed by atoms with Crippen LogP contribution in [0.2, 0.25) is 0 Å². The predicted octanol–water partition coefficient (Wildman–Crippen LogP) is 2.37. The van der Waals surface area contributed by atoms with Crippen molar-refractivity contribution in [3.63, 3.8) is 0 Å². The van der Waals surface area contributed by atoms with Crippen LogP contribution in [0.4, 0.5) is 0 Å². The topological polar surface area (TPSA) is 60.8 Å². The van der Waals surface area contributed by atoms with E-state index in [2.05, 4.69) is 16.5 Å². The molecule has 0 saturated heterocycles. The van der Waals surface area contributed by atoms with Crippen LogP contribution in [0.25, 0.3) is 22.2 Å². The fraction of sp³-hybridized carbons (Fsp3) is 0.500. The summed E-state index contributed by atoms with van der Waals surface area (Å²) in [6, 6.07) is 7.79. The second-order valence-electron chi connectivity index (χ2n) is 7.08. The largest absolute Gasteiger partial charge is 0.418 e. The molecule has 1 aromatic carbocycles. The van der Waals surface area contributed by atoms with Crippen molar-refractivity contribution in [1.29, 1.82) is 0 Å². The van der Waals surface area contributed by atoms with Crippen molar-refractivity contribution in [2.75, 3.05) is 0 Å². The first kappa shape index (κ1) is 16.9. The summed E-state index contributed by atoms with van der Waals surface area (Å²) in [6.07, 6.45) is 6.76. The number of nitrogens with zero attached hydrogens (tertiary/aromatic N) is 4. The number of aromatic nitrogens is 4. The Hall–Kier alpha value is -2.50. The van der Waals surface area contributed by atoms with E-state index in [1.165, 1.54) is 23.8 Å². The van der Waals surface area contributed by atoms with Gasteiger partial charge in [-0.1, -0.05) is 51.2 Å². The summed E-state index contributed by atoms with van der Waals surface area (Å²) in [4.78, 5) is 30.4. The summed E-state index contributed by atoms with van der Waals surface area (Å²) in [5, 5.41) is 0. The first-order valence-electron chi connectivity index (χ1n) is 9.68. The van der Waals surface area contributed by atoms with Gasteiger partial charge >= 0.3 is 11.3 Å². The molecular formula is C20H25N4O2+. The lowest BCUT2D eigenvalue weighted by atomic mass is 10.1. The third-order valence-corrected chi connectivity index (χ3v) is 5.32. The van der Waals surface area contributed by atoms with E-state index in [1.807, 2.05) is 24.3 Å². The predicted molar refractivity (Wildman–Crippen MR) is 101 cm³/mol. The Kier molecular flexibility index (Phi) is 4.57. The maximum absolute atomic E-state index is 13.0. The van der Waals surface area contributed by atoms with Crippen LogP contribution < -0.4 is 15.8 Å². The van der Waals surface area contributed by atoms with Crippen LogP contribution in [0.5, 0.6) is 0 Å². The molecule has 0 aliphatic carbocycles. The molecule has 1 aliphatic rings. The molecule has 0 saturated carbocycles. The fourth-order valence-electron chi connectivity index (χ4n) is 3.94. The third kappa shape index (κ3) is 2.73. The molecule has 0 unspecified atom stereocenters. The standard InChI is InChI=1S/C20H25N4O2/c1-2-3-4-5-6-9-12-24-19(25)17-18-22(13-14-23(18)20(24)26)16-11-8-7-10-15(16)21-17/h7-8,10-11H,2-6,9,12-14H2,1H3/q+1. The summed E-state index contributed by atoms with van der Waals surface area (Å²) in [5.41, 5.74) is 2.40. The minimum absolute atomic E-state index is 0.195. The Labute approximate surface area is 151 Å². The van der Waals surface area contributed by atoms with Gasteiger partial charge in [-0.3, -0.25) is 4.79 Å². The number of hydrogen-bond donors (Lipinski definition) is 0. The Morgan fingerprint density at radius 3 is 2.69 bits per heavy atom. The Morgan fingerprint density at radius 2 is 1.85 bits per heavy atom. The smallest absolute Gasteiger partial charge is 0.266 e. The molecule has 3 heterocycles. The number of unbranched alkanes of at least 4 members (excludes halogenated alkanes) is 5. The highest BCUT2D eigenvalue weighted by atomic mass is 16.2. The zero-order valence-electron chi connectivity index (χ0n) is 15.3. The first-order valence-corrected chi connectivity index (χ1v) is 9.68. The van der Waals surface area contributed by atoms with E-state index in [4.69, 9.17) is 0 Å². The van der Waals surface area contributed by atoms with Crippen LogP contribution >= 0.6 is 0 Å². The molecule has 2 aromatic heterocycles. The van der Waals surface area contributed by atoms with E-state index in [-0.39, 0.29) is 11.2 Å². The van der Waals surface area contributed by atoms with Gasteiger partial charge in [0.05, 0.1) is 0 Å². The molecule has 26 heavy (non-hydrogen) atoms. The van der Waals surface area contributed by atoms with E-state index in [0.717, 1.165) is 30.3 Å². The van der Waals surface area contributed by atoms with Gasteiger partial charge in [0.1, 0.15) is 18.6 Å². The van der Waals surface area contributed by atoms with Crippen LogP contribution in [0.15, 0.2) is 33.9 Å². The van der Waals surface area contributed by atoms with E-state index in [1.54, 1.807) is 4.57 Å². The molecule has 0 atom stereocenters. The van der Waals surface area contributed by atoms with Crippen molar-refractivity contribution in [2.24, 2.45) is 0 Å². The quantitative estimate of drug-likeness (QED) is 0.372. The maximum Gasteiger partial charge on any atom is 0.418 e. The van der Waals surface area contributed by atoms with Crippen molar-refractivity contribution < 1.29 is 4.57 Å². The molecule has 1 aliphatic heterocycles. The molecule has 0 amide bonds. The van der Waals surface area contributed by atoms with Gasteiger partial charge in [-0.05, 0) is 18.6 Å².